The van der Waals surface area contributed by atoms with E-state index in [0.717, 1.165) is 25.0 Å². The number of hydrogen-bond acceptors (Lipinski definition) is 2. The van der Waals surface area contributed by atoms with Crippen LogP contribution in [0.5, 0.6) is 0 Å². The fourth-order valence-electron chi connectivity index (χ4n) is 3.96. The van der Waals surface area contributed by atoms with Gasteiger partial charge in [-0.2, -0.15) is 0 Å². The summed E-state index contributed by atoms with van der Waals surface area (Å²) >= 11 is 0. The molecule has 2 nitrogen and oxygen atoms in total. The van der Waals surface area contributed by atoms with E-state index in [0.29, 0.717) is 5.41 Å². The first-order valence-corrected chi connectivity index (χ1v) is 8.07. The van der Waals surface area contributed by atoms with E-state index in [-0.39, 0.29) is 0 Å². The van der Waals surface area contributed by atoms with E-state index in [4.69, 9.17) is 0 Å². The van der Waals surface area contributed by atoms with E-state index in [1.54, 1.807) is 0 Å². The number of fused-ring (bicyclic) bond motifs is 1. The monoisotopic (exact) mass is 252 g/mol. The molecule has 1 saturated heterocycles. The highest BCUT2D eigenvalue weighted by Crippen LogP contribution is 2.37. The molecule has 1 aliphatic heterocycles. The lowest BCUT2D eigenvalue weighted by molar-refractivity contribution is 0.0712. The molecule has 2 aliphatic rings. The van der Waals surface area contributed by atoms with Gasteiger partial charge in [-0.3, -0.25) is 4.90 Å². The number of nitrogens with zero attached hydrogens (tertiary/aromatic N) is 1. The maximum atomic E-state index is 3.60. The van der Waals surface area contributed by atoms with Gasteiger partial charge < -0.3 is 5.32 Å². The van der Waals surface area contributed by atoms with E-state index < -0.39 is 0 Å². The summed E-state index contributed by atoms with van der Waals surface area (Å²) in [4.78, 5) is 2.81. The second kappa shape index (κ2) is 6.38. The van der Waals surface area contributed by atoms with Gasteiger partial charge >= 0.3 is 0 Å². The van der Waals surface area contributed by atoms with Crippen LogP contribution in [0.2, 0.25) is 0 Å². The molecule has 0 bridgehead atoms. The zero-order valence-corrected chi connectivity index (χ0v) is 12.7. The van der Waals surface area contributed by atoms with E-state index in [2.05, 4.69) is 31.0 Å². The predicted molar refractivity (Wildman–Crippen MR) is 78.9 cm³/mol. The topological polar surface area (TPSA) is 15.3 Å². The minimum absolute atomic E-state index is 0.416. The summed E-state index contributed by atoms with van der Waals surface area (Å²) in [6, 6.07) is 0.921. The van der Waals surface area contributed by atoms with E-state index in [1.165, 1.54) is 51.6 Å². The quantitative estimate of drug-likeness (QED) is 0.730. The molecule has 2 heteroatoms. The molecule has 0 amide bonds. The third-order valence-corrected chi connectivity index (χ3v) is 4.77. The van der Waals surface area contributed by atoms with Crippen LogP contribution in [0.15, 0.2) is 0 Å². The molecule has 18 heavy (non-hydrogen) atoms. The summed E-state index contributed by atoms with van der Waals surface area (Å²) in [5, 5.41) is 3.60. The van der Waals surface area contributed by atoms with Crippen molar-refractivity contribution in [2.75, 3.05) is 26.2 Å². The van der Waals surface area contributed by atoms with Crippen LogP contribution < -0.4 is 5.32 Å². The number of piperidine rings is 1. The Kier molecular flexibility index (Phi) is 5.08. The number of likely N-dealkylation sites (tertiary alicyclic amines) is 1. The molecule has 106 valence electrons. The van der Waals surface area contributed by atoms with Gasteiger partial charge in [0, 0.05) is 19.1 Å². The number of nitrogens with one attached hydrogen (secondary N) is 1. The van der Waals surface area contributed by atoms with Crippen molar-refractivity contribution in [2.24, 2.45) is 11.3 Å². The molecule has 0 radical (unpaired) electrons. The first-order chi connectivity index (χ1) is 8.62. The molecule has 1 saturated carbocycles. The minimum atomic E-state index is 0.416. The van der Waals surface area contributed by atoms with Gasteiger partial charge in [-0.15, -0.1) is 0 Å². The van der Waals surface area contributed by atoms with Crippen LogP contribution >= 0.6 is 0 Å². The lowest BCUT2D eigenvalue weighted by Gasteiger charge is -2.42. The number of hydrogen-bond donors (Lipinski definition) is 1. The van der Waals surface area contributed by atoms with Crippen LogP contribution in [0.1, 0.15) is 59.3 Å². The highest BCUT2D eigenvalue weighted by atomic mass is 15.2. The Bertz CT molecular complexity index is 249. The van der Waals surface area contributed by atoms with Crippen molar-refractivity contribution in [1.29, 1.82) is 0 Å². The molecule has 1 aliphatic carbocycles. The maximum Gasteiger partial charge on any atom is 0.0124 e. The van der Waals surface area contributed by atoms with Gasteiger partial charge in [0.25, 0.3) is 0 Å². The molecule has 2 atom stereocenters. The molecular weight excluding hydrogens is 220 g/mol. The molecule has 2 fully saturated rings. The molecule has 1 heterocycles. The summed E-state index contributed by atoms with van der Waals surface area (Å²) in [7, 11) is 0. The smallest absolute Gasteiger partial charge is 0.0124 e. The van der Waals surface area contributed by atoms with Crippen molar-refractivity contribution in [1.82, 2.24) is 10.2 Å². The van der Waals surface area contributed by atoms with Crippen LogP contribution in [0.4, 0.5) is 0 Å². The van der Waals surface area contributed by atoms with E-state index >= 15 is 0 Å². The van der Waals surface area contributed by atoms with Gasteiger partial charge in [-0.1, -0.05) is 27.2 Å². The van der Waals surface area contributed by atoms with Crippen molar-refractivity contribution in [2.45, 2.75) is 65.3 Å². The Hall–Kier alpha value is -0.0800. The standard InChI is InChI=1S/C16H32N2/c1-4-10-17-12-16(2,3)13-18-11-6-8-14-7-5-9-15(14)18/h14-15,17H,4-13H2,1-3H3. The second-order valence-corrected chi connectivity index (χ2v) is 7.21. The van der Waals surface area contributed by atoms with Crippen molar-refractivity contribution in [3.8, 4) is 0 Å². The zero-order valence-electron chi connectivity index (χ0n) is 12.7. The molecule has 0 spiro atoms. The average molecular weight is 252 g/mol. The van der Waals surface area contributed by atoms with Gasteiger partial charge in [0.15, 0.2) is 0 Å². The molecule has 2 unspecified atom stereocenters. The van der Waals surface area contributed by atoms with Gasteiger partial charge in [-0.05, 0) is 56.5 Å². The third kappa shape index (κ3) is 3.71. The van der Waals surface area contributed by atoms with Crippen LogP contribution in [-0.2, 0) is 0 Å². The van der Waals surface area contributed by atoms with Crippen LogP contribution in [0, 0.1) is 11.3 Å². The fourth-order valence-corrected chi connectivity index (χ4v) is 3.96. The highest BCUT2D eigenvalue weighted by molar-refractivity contribution is 4.91. The second-order valence-electron chi connectivity index (χ2n) is 7.21. The van der Waals surface area contributed by atoms with Crippen molar-refractivity contribution in [3.63, 3.8) is 0 Å². The zero-order chi connectivity index (χ0) is 13.0. The van der Waals surface area contributed by atoms with Gasteiger partial charge in [-0.25, -0.2) is 0 Å². The first-order valence-electron chi connectivity index (χ1n) is 8.07. The third-order valence-electron chi connectivity index (χ3n) is 4.77. The average Bonchev–Trinajstić information content (AvgIpc) is 2.78. The first kappa shape index (κ1) is 14.3. The van der Waals surface area contributed by atoms with E-state index in [1.807, 2.05) is 0 Å². The SMILES string of the molecule is CCCNCC(C)(C)CN1CCCC2CCCC21. The molecular formula is C16H32N2. The Morgan fingerprint density at radius 3 is 2.72 bits per heavy atom. The largest absolute Gasteiger partial charge is 0.316 e. The Morgan fingerprint density at radius 2 is 1.94 bits per heavy atom. The normalized spacial score (nSPS) is 29.5. The summed E-state index contributed by atoms with van der Waals surface area (Å²) in [6.45, 7) is 12.0. The van der Waals surface area contributed by atoms with Crippen molar-refractivity contribution >= 4 is 0 Å². The van der Waals surface area contributed by atoms with Crippen molar-refractivity contribution < 1.29 is 0 Å². The summed E-state index contributed by atoms with van der Waals surface area (Å²) < 4.78 is 0. The minimum Gasteiger partial charge on any atom is -0.316 e. The molecule has 2 rings (SSSR count). The summed E-state index contributed by atoms with van der Waals surface area (Å²) in [5.41, 5.74) is 0.416. The lowest BCUT2D eigenvalue weighted by atomic mass is 9.87. The van der Waals surface area contributed by atoms with Gasteiger partial charge in [0.2, 0.25) is 0 Å². The number of rotatable bonds is 6. The predicted octanol–water partition coefficient (Wildman–Crippen LogP) is 3.28. The van der Waals surface area contributed by atoms with Crippen LogP contribution in [0.3, 0.4) is 0 Å². The summed E-state index contributed by atoms with van der Waals surface area (Å²) in [5.74, 6) is 1.03. The highest BCUT2D eigenvalue weighted by Gasteiger charge is 2.36. The van der Waals surface area contributed by atoms with E-state index in [9.17, 15) is 0 Å². The molecule has 0 aromatic rings. The fraction of sp³-hybridized carbons (Fsp3) is 1.00. The van der Waals surface area contributed by atoms with Gasteiger partial charge in [0.05, 0.1) is 0 Å². The Labute approximate surface area is 114 Å². The molecule has 1 N–H and O–H groups in total. The van der Waals surface area contributed by atoms with Gasteiger partial charge in [0.1, 0.15) is 0 Å². The summed E-state index contributed by atoms with van der Waals surface area (Å²) in [6.07, 6.45) is 8.60. The van der Waals surface area contributed by atoms with Crippen molar-refractivity contribution in [3.05, 3.63) is 0 Å². The maximum absolute atomic E-state index is 3.60. The Morgan fingerprint density at radius 1 is 1.17 bits per heavy atom. The molecule has 0 aromatic heterocycles. The van der Waals surface area contributed by atoms with Crippen LogP contribution in [0.25, 0.3) is 0 Å². The lowest BCUT2D eigenvalue weighted by Crippen LogP contribution is -2.49. The molecule has 0 aromatic carbocycles. The van der Waals surface area contributed by atoms with Crippen LogP contribution in [-0.4, -0.2) is 37.1 Å². The Balaban J connectivity index is 1.83.